The largest absolute Gasteiger partial charge is 0.496 e. The highest BCUT2D eigenvalue weighted by Crippen LogP contribution is 2.26. The molecule has 0 aliphatic carbocycles. The Bertz CT molecular complexity index is 416. The molecule has 0 fully saturated rings. The summed E-state index contributed by atoms with van der Waals surface area (Å²) in [5, 5.41) is 0. The summed E-state index contributed by atoms with van der Waals surface area (Å²) in [6.45, 7) is 11.9. The number of rotatable bonds is 9. The van der Waals surface area contributed by atoms with Gasteiger partial charge in [0.2, 0.25) is 0 Å². The van der Waals surface area contributed by atoms with Crippen LogP contribution in [0.5, 0.6) is 5.75 Å². The number of methoxy groups -OCH3 is 1. The number of ether oxygens (including phenoxy) is 1. The van der Waals surface area contributed by atoms with Crippen molar-refractivity contribution in [3.8, 4) is 5.75 Å². The van der Waals surface area contributed by atoms with E-state index in [0.29, 0.717) is 0 Å². The van der Waals surface area contributed by atoms with Gasteiger partial charge in [0.1, 0.15) is 5.75 Å². The molecule has 1 aromatic carbocycles. The zero-order chi connectivity index (χ0) is 15.8. The van der Waals surface area contributed by atoms with Crippen molar-refractivity contribution in [3.05, 3.63) is 29.3 Å². The Hall–Kier alpha value is -1.06. The molecule has 1 rings (SSSR count). The Balaban J connectivity index is 2.78. The lowest BCUT2D eigenvalue weighted by Crippen LogP contribution is -2.35. The molecular weight excluding hydrogens is 260 g/mol. The Morgan fingerprint density at radius 2 is 1.81 bits per heavy atom. The fourth-order valence-corrected chi connectivity index (χ4v) is 2.76. The van der Waals surface area contributed by atoms with E-state index < -0.39 is 0 Å². The summed E-state index contributed by atoms with van der Waals surface area (Å²) >= 11 is 0. The first kappa shape index (κ1) is 18.0. The minimum atomic E-state index is -0.00541. The molecule has 0 saturated heterocycles. The molecule has 0 aliphatic rings. The molecule has 2 N–H and O–H groups in total. The molecule has 3 heteroatoms. The maximum Gasteiger partial charge on any atom is 0.123 e. The van der Waals surface area contributed by atoms with Crippen molar-refractivity contribution in [3.63, 3.8) is 0 Å². The normalized spacial score (nSPS) is 13.0. The highest BCUT2D eigenvalue weighted by molar-refractivity contribution is 5.39. The molecule has 0 amide bonds. The molecule has 0 heterocycles. The number of likely N-dealkylation sites (N-methyl/N-ethyl adjacent to an activating group) is 1. The van der Waals surface area contributed by atoms with Crippen molar-refractivity contribution in [2.24, 2.45) is 11.7 Å². The molecule has 1 atom stereocenters. The lowest BCUT2D eigenvalue weighted by atomic mass is 10.0. The monoisotopic (exact) mass is 292 g/mol. The third-order valence-corrected chi connectivity index (χ3v) is 4.36. The van der Waals surface area contributed by atoms with Gasteiger partial charge in [-0.05, 0) is 25.5 Å². The lowest BCUT2D eigenvalue weighted by molar-refractivity contribution is 0.220. The standard InChI is InChI=1S/C18H32N2O/c1-6-15(7-2)12-20(8-3)13-17(19)16-11-14(4)9-10-18(16)21-5/h9-11,15,17H,6-8,12-13,19H2,1-5H3. The predicted molar refractivity (Wildman–Crippen MR) is 90.8 cm³/mol. The molecule has 3 nitrogen and oxygen atoms in total. The van der Waals surface area contributed by atoms with Crippen LogP contribution in [0.3, 0.4) is 0 Å². The number of hydrogen-bond acceptors (Lipinski definition) is 3. The maximum absolute atomic E-state index is 6.45. The third kappa shape index (κ3) is 5.33. The van der Waals surface area contributed by atoms with E-state index >= 15 is 0 Å². The van der Waals surface area contributed by atoms with E-state index in [2.05, 4.69) is 44.7 Å². The van der Waals surface area contributed by atoms with Crippen molar-refractivity contribution in [2.45, 2.75) is 46.6 Å². The van der Waals surface area contributed by atoms with Crippen molar-refractivity contribution < 1.29 is 4.74 Å². The molecule has 1 aromatic rings. The van der Waals surface area contributed by atoms with E-state index in [-0.39, 0.29) is 6.04 Å². The molecule has 0 bridgehead atoms. The molecule has 0 aromatic heterocycles. The van der Waals surface area contributed by atoms with Gasteiger partial charge in [-0.3, -0.25) is 0 Å². The van der Waals surface area contributed by atoms with Crippen molar-refractivity contribution >= 4 is 0 Å². The quantitative estimate of drug-likeness (QED) is 0.753. The van der Waals surface area contributed by atoms with Crippen LogP contribution >= 0.6 is 0 Å². The minimum Gasteiger partial charge on any atom is -0.496 e. The van der Waals surface area contributed by atoms with E-state index in [1.165, 1.54) is 18.4 Å². The molecule has 0 spiro atoms. The predicted octanol–water partition coefficient (Wildman–Crippen LogP) is 3.76. The van der Waals surface area contributed by atoms with Gasteiger partial charge in [-0.15, -0.1) is 0 Å². The second-order valence-electron chi connectivity index (χ2n) is 5.89. The molecule has 0 radical (unpaired) electrons. The van der Waals surface area contributed by atoms with Gasteiger partial charge in [-0.2, -0.15) is 0 Å². The third-order valence-electron chi connectivity index (χ3n) is 4.36. The minimum absolute atomic E-state index is 0.00541. The summed E-state index contributed by atoms with van der Waals surface area (Å²) in [5.74, 6) is 1.66. The average molecular weight is 292 g/mol. The van der Waals surface area contributed by atoms with Crippen LogP contribution in [0.2, 0.25) is 0 Å². The summed E-state index contributed by atoms with van der Waals surface area (Å²) in [6.07, 6.45) is 2.46. The fraction of sp³-hybridized carbons (Fsp3) is 0.667. The topological polar surface area (TPSA) is 38.5 Å². The number of hydrogen-bond donors (Lipinski definition) is 1. The van der Waals surface area contributed by atoms with Crippen LogP contribution < -0.4 is 10.5 Å². The van der Waals surface area contributed by atoms with Crippen molar-refractivity contribution in [1.82, 2.24) is 4.90 Å². The average Bonchev–Trinajstić information content (AvgIpc) is 2.51. The van der Waals surface area contributed by atoms with Gasteiger partial charge in [-0.1, -0.05) is 51.3 Å². The van der Waals surface area contributed by atoms with Gasteiger partial charge < -0.3 is 15.4 Å². The zero-order valence-corrected chi connectivity index (χ0v) is 14.4. The van der Waals surface area contributed by atoms with Crippen molar-refractivity contribution in [1.29, 1.82) is 0 Å². The Labute approximate surface area is 130 Å². The molecule has 21 heavy (non-hydrogen) atoms. The van der Waals surface area contributed by atoms with Gasteiger partial charge in [0.25, 0.3) is 0 Å². The van der Waals surface area contributed by atoms with Crippen LogP contribution in [-0.2, 0) is 0 Å². The number of nitrogens with zero attached hydrogens (tertiary/aromatic N) is 1. The van der Waals surface area contributed by atoms with Crippen LogP contribution in [0, 0.1) is 12.8 Å². The number of nitrogens with two attached hydrogens (primary N) is 1. The van der Waals surface area contributed by atoms with Crippen molar-refractivity contribution in [2.75, 3.05) is 26.7 Å². The van der Waals surface area contributed by atoms with E-state index in [1.54, 1.807) is 7.11 Å². The SMILES string of the molecule is CCC(CC)CN(CC)CC(N)c1cc(C)ccc1OC. The van der Waals surface area contributed by atoms with Gasteiger partial charge in [0, 0.05) is 24.7 Å². The highest BCUT2D eigenvalue weighted by Gasteiger charge is 2.17. The summed E-state index contributed by atoms with van der Waals surface area (Å²) in [6, 6.07) is 6.22. The first-order valence-corrected chi connectivity index (χ1v) is 8.18. The second kappa shape index (κ2) is 9.06. The lowest BCUT2D eigenvalue weighted by Gasteiger charge is -2.28. The van der Waals surface area contributed by atoms with E-state index in [4.69, 9.17) is 10.5 Å². The zero-order valence-electron chi connectivity index (χ0n) is 14.4. The highest BCUT2D eigenvalue weighted by atomic mass is 16.5. The van der Waals surface area contributed by atoms with Gasteiger partial charge in [0.15, 0.2) is 0 Å². The number of benzene rings is 1. The van der Waals surface area contributed by atoms with Crippen LogP contribution in [0.15, 0.2) is 18.2 Å². The van der Waals surface area contributed by atoms with Gasteiger partial charge in [-0.25, -0.2) is 0 Å². The Morgan fingerprint density at radius 3 is 2.33 bits per heavy atom. The fourth-order valence-electron chi connectivity index (χ4n) is 2.76. The Kier molecular flexibility index (Phi) is 7.76. The first-order valence-electron chi connectivity index (χ1n) is 8.18. The number of aryl methyl sites for hydroxylation is 1. The van der Waals surface area contributed by atoms with Gasteiger partial charge >= 0.3 is 0 Å². The summed E-state index contributed by atoms with van der Waals surface area (Å²) in [5.41, 5.74) is 8.79. The summed E-state index contributed by atoms with van der Waals surface area (Å²) in [7, 11) is 1.71. The molecule has 0 saturated carbocycles. The van der Waals surface area contributed by atoms with Crippen LogP contribution in [0.1, 0.15) is 50.8 Å². The molecular formula is C18H32N2O. The van der Waals surface area contributed by atoms with E-state index in [1.807, 2.05) is 6.07 Å². The molecule has 120 valence electrons. The first-order chi connectivity index (χ1) is 10.0. The molecule has 1 unspecified atom stereocenters. The summed E-state index contributed by atoms with van der Waals surface area (Å²) in [4.78, 5) is 2.46. The second-order valence-corrected chi connectivity index (χ2v) is 5.89. The van der Waals surface area contributed by atoms with E-state index in [0.717, 1.165) is 36.9 Å². The van der Waals surface area contributed by atoms with E-state index in [9.17, 15) is 0 Å². The van der Waals surface area contributed by atoms with Gasteiger partial charge in [0.05, 0.1) is 7.11 Å². The van der Waals surface area contributed by atoms with Crippen LogP contribution in [0.4, 0.5) is 0 Å². The smallest absolute Gasteiger partial charge is 0.123 e. The Morgan fingerprint density at radius 1 is 1.14 bits per heavy atom. The summed E-state index contributed by atoms with van der Waals surface area (Å²) < 4.78 is 5.46. The van der Waals surface area contributed by atoms with Crippen LogP contribution in [0.25, 0.3) is 0 Å². The van der Waals surface area contributed by atoms with Crippen LogP contribution in [-0.4, -0.2) is 31.6 Å². The molecule has 0 aliphatic heterocycles. The maximum atomic E-state index is 6.45.